The number of carbonyl (C=O) groups excluding carboxylic acids is 2. The van der Waals surface area contributed by atoms with Crippen molar-refractivity contribution in [2.24, 2.45) is 0 Å². The Morgan fingerprint density at radius 2 is 1.52 bits per heavy atom. The van der Waals surface area contributed by atoms with Crippen LogP contribution in [0.25, 0.3) is 5.57 Å². The summed E-state index contributed by atoms with van der Waals surface area (Å²) in [5, 5.41) is 3.17. The molecule has 3 aromatic rings. The molecule has 0 saturated carbocycles. The molecule has 0 unspecified atom stereocenters. The van der Waals surface area contributed by atoms with E-state index in [2.05, 4.69) is 5.32 Å². The van der Waals surface area contributed by atoms with E-state index < -0.39 is 11.8 Å². The van der Waals surface area contributed by atoms with Crippen LogP contribution < -0.4 is 19.7 Å². The van der Waals surface area contributed by atoms with Crippen LogP contribution in [0, 0.1) is 0 Å². The molecule has 0 aromatic heterocycles. The number of para-hydroxylation sites is 2. The van der Waals surface area contributed by atoms with E-state index in [1.54, 1.807) is 18.2 Å². The van der Waals surface area contributed by atoms with Gasteiger partial charge in [0.1, 0.15) is 17.2 Å². The van der Waals surface area contributed by atoms with Crippen LogP contribution in [0.1, 0.15) is 26.3 Å². The number of hydrogen-bond acceptors (Lipinski definition) is 5. The summed E-state index contributed by atoms with van der Waals surface area (Å²) in [6.07, 6.45) is -0.109. The number of benzene rings is 3. The number of anilines is 2. The molecule has 0 radical (unpaired) electrons. The topological polar surface area (TPSA) is 67.9 Å². The Kier molecular flexibility index (Phi) is 6.45. The summed E-state index contributed by atoms with van der Waals surface area (Å²) in [6, 6.07) is 23.5. The van der Waals surface area contributed by atoms with Crippen LogP contribution >= 0.6 is 0 Å². The van der Waals surface area contributed by atoms with E-state index in [0.717, 1.165) is 5.75 Å². The second-order valence-electron chi connectivity index (χ2n) is 7.78. The maximum Gasteiger partial charge on any atom is 0.282 e. The van der Waals surface area contributed by atoms with Gasteiger partial charge >= 0.3 is 0 Å². The zero-order valence-electron chi connectivity index (χ0n) is 18.9. The Balaban J connectivity index is 1.76. The highest BCUT2D eigenvalue weighted by Crippen LogP contribution is 2.38. The molecule has 168 valence electrons. The number of hydrogen-bond donors (Lipinski definition) is 1. The SMILES string of the molecule is CCOc1ccc(NC2=C(c3ccccc3)C(=O)N(c3ccccc3OC(C)C)C2=O)cc1. The molecule has 0 aliphatic carbocycles. The van der Waals surface area contributed by atoms with Gasteiger partial charge in [-0.2, -0.15) is 0 Å². The van der Waals surface area contributed by atoms with Crippen LogP contribution in [-0.2, 0) is 9.59 Å². The Hall–Kier alpha value is -4.06. The Morgan fingerprint density at radius 3 is 2.18 bits per heavy atom. The molecule has 3 aromatic carbocycles. The number of nitrogens with zero attached hydrogens (tertiary/aromatic N) is 1. The fourth-order valence-corrected chi connectivity index (χ4v) is 3.68. The average molecular weight is 443 g/mol. The molecule has 0 atom stereocenters. The summed E-state index contributed by atoms with van der Waals surface area (Å²) in [5.74, 6) is 0.367. The van der Waals surface area contributed by atoms with E-state index in [-0.39, 0.29) is 11.8 Å². The standard InChI is InChI=1S/C27H26N2O4/c1-4-32-21-16-14-20(15-17-21)28-25-24(19-10-6-5-7-11-19)26(30)29(27(25)31)22-12-8-9-13-23(22)33-18(2)3/h5-18,28H,4H2,1-3H3. The minimum atomic E-state index is -0.437. The van der Waals surface area contributed by atoms with Gasteiger partial charge in [-0.3, -0.25) is 9.59 Å². The van der Waals surface area contributed by atoms with Crippen LogP contribution in [-0.4, -0.2) is 24.5 Å². The number of carbonyl (C=O) groups is 2. The van der Waals surface area contributed by atoms with Crippen molar-refractivity contribution in [3.63, 3.8) is 0 Å². The molecule has 1 aliphatic heterocycles. The number of rotatable bonds is 8. The van der Waals surface area contributed by atoms with Gasteiger partial charge in [0.05, 0.1) is 24.0 Å². The third-order valence-electron chi connectivity index (χ3n) is 5.05. The highest BCUT2D eigenvalue weighted by molar-refractivity contribution is 6.46. The van der Waals surface area contributed by atoms with Gasteiger partial charge in [0.15, 0.2) is 0 Å². The second-order valence-corrected chi connectivity index (χ2v) is 7.78. The predicted octanol–water partition coefficient (Wildman–Crippen LogP) is 5.27. The van der Waals surface area contributed by atoms with Crippen LogP contribution in [0.15, 0.2) is 84.6 Å². The van der Waals surface area contributed by atoms with E-state index in [4.69, 9.17) is 9.47 Å². The molecule has 2 amide bonds. The fraction of sp³-hybridized carbons (Fsp3) is 0.185. The molecule has 4 rings (SSSR count). The maximum atomic E-state index is 13.6. The lowest BCUT2D eigenvalue weighted by Crippen LogP contribution is -2.33. The minimum Gasteiger partial charge on any atom is -0.494 e. The van der Waals surface area contributed by atoms with E-state index in [0.29, 0.717) is 34.9 Å². The molecule has 1 heterocycles. The maximum absolute atomic E-state index is 13.6. The van der Waals surface area contributed by atoms with Crippen LogP contribution in [0.5, 0.6) is 11.5 Å². The third kappa shape index (κ3) is 4.60. The Bertz CT molecular complexity index is 1180. The average Bonchev–Trinajstić information content (AvgIpc) is 3.05. The van der Waals surface area contributed by atoms with Gasteiger partial charge in [-0.15, -0.1) is 0 Å². The zero-order chi connectivity index (χ0) is 23.4. The summed E-state index contributed by atoms with van der Waals surface area (Å²) in [5.41, 5.74) is 2.28. The van der Waals surface area contributed by atoms with Gasteiger partial charge in [0.25, 0.3) is 11.8 Å². The predicted molar refractivity (Wildman–Crippen MR) is 129 cm³/mol. The molecule has 33 heavy (non-hydrogen) atoms. The number of nitrogens with one attached hydrogen (secondary N) is 1. The molecule has 0 fully saturated rings. The number of amides is 2. The molecule has 6 heteroatoms. The Morgan fingerprint density at radius 1 is 0.848 bits per heavy atom. The zero-order valence-corrected chi connectivity index (χ0v) is 18.9. The largest absolute Gasteiger partial charge is 0.494 e. The first-order valence-electron chi connectivity index (χ1n) is 10.9. The van der Waals surface area contributed by atoms with Crippen molar-refractivity contribution in [2.45, 2.75) is 26.9 Å². The van der Waals surface area contributed by atoms with Gasteiger partial charge in [-0.05, 0) is 62.7 Å². The molecule has 6 nitrogen and oxygen atoms in total. The van der Waals surface area contributed by atoms with Crippen LogP contribution in [0.3, 0.4) is 0 Å². The van der Waals surface area contributed by atoms with Crippen molar-refractivity contribution in [1.82, 2.24) is 0 Å². The second kappa shape index (κ2) is 9.61. The summed E-state index contributed by atoms with van der Waals surface area (Å²) in [6.45, 7) is 6.28. The molecular formula is C27H26N2O4. The number of imide groups is 1. The summed E-state index contributed by atoms with van der Waals surface area (Å²) in [4.78, 5) is 28.4. The van der Waals surface area contributed by atoms with Crippen molar-refractivity contribution in [2.75, 3.05) is 16.8 Å². The highest BCUT2D eigenvalue weighted by Gasteiger charge is 2.41. The van der Waals surface area contributed by atoms with Gasteiger partial charge in [0, 0.05) is 5.69 Å². The van der Waals surface area contributed by atoms with Gasteiger partial charge in [-0.25, -0.2) is 4.90 Å². The fourth-order valence-electron chi connectivity index (χ4n) is 3.68. The molecule has 0 bridgehead atoms. The third-order valence-corrected chi connectivity index (χ3v) is 5.05. The van der Waals surface area contributed by atoms with Crippen molar-refractivity contribution in [3.8, 4) is 11.5 Å². The highest BCUT2D eigenvalue weighted by atomic mass is 16.5. The summed E-state index contributed by atoms with van der Waals surface area (Å²) < 4.78 is 11.4. The van der Waals surface area contributed by atoms with Crippen LogP contribution in [0.2, 0.25) is 0 Å². The van der Waals surface area contributed by atoms with Crippen molar-refractivity contribution >= 4 is 28.8 Å². The minimum absolute atomic E-state index is 0.109. The molecule has 1 aliphatic rings. The van der Waals surface area contributed by atoms with Crippen LogP contribution in [0.4, 0.5) is 11.4 Å². The van der Waals surface area contributed by atoms with E-state index in [1.165, 1.54) is 4.90 Å². The van der Waals surface area contributed by atoms with Gasteiger partial charge in [-0.1, -0.05) is 42.5 Å². The van der Waals surface area contributed by atoms with Crippen molar-refractivity contribution in [1.29, 1.82) is 0 Å². The van der Waals surface area contributed by atoms with Crippen molar-refractivity contribution in [3.05, 3.63) is 90.1 Å². The monoisotopic (exact) mass is 442 g/mol. The van der Waals surface area contributed by atoms with E-state index in [9.17, 15) is 9.59 Å². The summed E-state index contributed by atoms with van der Waals surface area (Å²) in [7, 11) is 0. The number of ether oxygens (including phenoxy) is 2. The Labute approximate surface area is 193 Å². The van der Waals surface area contributed by atoms with E-state index >= 15 is 0 Å². The molecule has 1 N–H and O–H groups in total. The quantitative estimate of drug-likeness (QED) is 0.482. The molecular weight excluding hydrogens is 416 g/mol. The first-order valence-corrected chi connectivity index (χ1v) is 10.9. The summed E-state index contributed by atoms with van der Waals surface area (Å²) >= 11 is 0. The van der Waals surface area contributed by atoms with Crippen molar-refractivity contribution < 1.29 is 19.1 Å². The lowest BCUT2D eigenvalue weighted by Gasteiger charge is -2.20. The lowest BCUT2D eigenvalue weighted by atomic mass is 10.0. The first-order chi connectivity index (χ1) is 16.0. The van der Waals surface area contributed by atoms with E-state index in [1.807, 2.05) is 81.4 Å². The first kappa shape index (κ1) is 22.1. The molecule has 0 saturated heterocycles. The molecule has 0 spiro atoms. The normalized spacial score (nSPS) is 13.6. The smallest absolute Gasteiger partial charge is 0.282 e. The lowest BCUT2D eigenvalue weighted by molar-refractivity contribution is -0.120. The van der Waals surface area contributed by atoms with Gasteiger partial charge in [0.2, 0.25) is 0 Å². The van der Waals surface area contributed by atoms with Gasteiger partial charge < -0.3 is 14.8 Å².